The Morgan fingerprint density at radius 3 is 1.96 bits per heavy atom. The lowest BCUT2D eigenvalue weighted by Crippen LogP contribution is -2.21. The highest BCUT2D eigenvalue weighted by molar-refractivity contribution is 5.86. The van der Waals surface area contributed by atoms with Gasteiger partial charge in [-0.3, -0.25) is 4.79 Å². The Hall–Kier alpha value is -1.78. The maximum Gasteiger partial charge on any atom is 0.417 e. The van der Waals surface area contributed by atoms with Gasteiger partial charge in [-0.25, -0.2) is 0 Å². The van der Waals surface area contributed by atoms with Crippen LogP contribution in [-0.4, -0.2) is 19.1 Å². The van der Waals surface area contributed by atoms with E-state index in [1.807, 2.05) is 47.6 Å². The number of ether oxygens (including phenoxy) is 1. The molecule has 0 aliphatic rings. The average Bonchev–Trinajstić information content (AvgIpc) is 2.41. The number of aldehydes is 1. The van der Waals surface area contributed by atoms with Gasteiger partial charge >= 0.3 is 6.18 Å². The van der Waals surface area contributed by atoms with Crippen molar-refractivity contribution in [1.29, 1.82) is 0 Å². The topological polar surface area (TPSA) is 26.3 Å². The monoisotopic (exact) mass is 356 g/mol. The molecule has 0 N–H and O–H groups in total. The lowest BCUT2D eigenvalue weighted by molar-refractivity contribution is -0.104. The summed E-state index contributed by atoms with van der Waals surface area (Å²) in [5.41, 5.74) is -0.383. The van der Waals surface area contributed by atoms with E-state index in [1.54, 1.807) is 6.92 Å². The van der Waals surface area contributed by atoms with Crippen LogP contribution in [0.4, 0.5) is 13.2 Å². The normalized spacial score (nSPS) is 13.8. The van der Waals surface area contributed by atoms with Crippen molar-refractivity contribution in [2.45, 2.75) is 65.5 Å². The molecule has 25 heavy (non-hydrogen) atoms. The van der Waals surface area contributed by atoms with Crippen molar-refractivity contribution in [3.05, 3.63) is 34.9 Å². The molecule has 0 unspecified atom stereocenters. The van der Waals surface area contributed by atoms with Crippen LogP contribution in [0.2, 0.25) is 0 Å². The van der Waals surface area contributed by atoms with Gasteiger partial charge in [0.25, 0.3) is 0 Å². The summed E-state index contributed by atoms with van der Waals surface area (Å²) in [5.74, 6) is 0.188. The fourth-order valence-electron chi connectivity index (χ4n) is 2.52. The van der Waals surface area contributed by atoms with E-state index in [4.69, 9.17) is 4.74 Å². The Bertz CT molecular complexity index is 657. The molecule has 2 nitrogen and oxygen atoms in total. The summed E-state index contributed by atoms with van der Waals surface area (Å²) in [5, 5.41) is 0. The first kappa shape index (κ1) is 21.3. The minimum Gasteiger partial charge on any atom is -0.493 e. The van der Waals surface area contributed by atoms with Crippen molar-refractivity contribution in [2.24, 2.45) is 0 Å². The lowest BCUT2D eigenvalue weighted by Gasteiger charge is -2.30. The van der Waals surface area contributed by atoms with Crippen molar-refractivity contribution >= 4 is 11.9 Å². The first-order valence-corrected chi connectivity index (χ1v) is 8.28. The van der Waals surface area contributed by atoms with Gasteiger partial charge in [-0.2, -0.15) is 13.2 Å². The molecule has 0 bridgehead atoms. The number of rotatable bonds is 4. The first-order valence-electron chi connectivity index (χ1n) is 8.28. The fraction of sp³-hybridized carbons (Fsp3) is 0.550. The molecule has 0 aliphatic carbocycles. The zero-order valence-electron chi connectivity index (χ0n) is 16.0. The molecule has 0 spiro atoms. The number of carbonyl (C=O) groups excluding carboxylic acids is 1. The summed E-state index contributed by atoms with van der Waals surface area (Å²) in [6.45, 7) is 13.6. The van der Waals surface area contributed by atoms with Gasteiger partial charge in [-0.05, 0) is 35.5 Å². The third kappa shape index (κ3) is 5.10. The van der Waals surface area contributed by atoms with E-state index >= 15 is 0 Å². The van der Waals surface area contributed by atoms with E-state index in [-0.39, 0.29) is 29.6 Å². The van der Waals surface area contributed by atoms with Gasteiger partial charge in [0.05, 0.1) is 12.2 Å². The Morgan fingerprint density at radius 2 is 1.60 bits per heavy atom. The van der Waals surface area contributed by atoms with Gasteiger partial charge in [0.15, 0.2) is 0 Å². The number of carbonyl (C=O) groups is 1. The Labute approximate surface area is 148 Å². The summed E-state index contributed by atoms with van der Waals surface area (Å²) in [6, 6.07) is 3.40. The summed E-state index contributed by atoms with van der Waals surface area (Å²) in [4.78, 5) is 10.9. The third-order valence-corrected chi connectivity index (χ3v) is 3.88. The highest BCUT2D eigenvalue weighted by Gasteiger charge is 2.38. The molecule has 1 aromatic rings. The molecule has 0 radical (unpaired) electrons. The van der Waals surface area contributed by atoms with E-state index in [1.165, 1.54) is 6.07 Å². The van der Waals surface area contributed by atoms with Crippen LogP contribution in [0.3, 0.4) is 0 Å². The second-order valence-corrected chi connectivity index (χ2v) is 8.05. The SMILES string of the molecule is CCOc1c(C(=CC=O)C(F)(F)F)cc(C(C)(C)C)cc1C(C)(C)C. The molecule has 0 amide bonds. The van der Waals surface area contributed by atoms with Gasteiger partial charge in [-0.1, -0.05) is 47.6 Å². The number of allylic oxidation sites excluding steroid dienone is 2. The standard InChI is InChI=1S/C20H27F3O2/c1-8-25-17-14(15(9-10-24)20(21,22)23)11-13(18(2,3)4)12-16(17)19(5,6)7/h9-12H,8H2,1-7H3. The number of hydrogen-bond donors (Lipinski definition) is 0. The lowest BCUT2D eigenvalue weighted by atomic mass is 9.78. The zero-order chi connectivity index (χ0) is 19.6. The van der Waals surface area contributed by atoms with Crippen molar-refractivity contribution in [1.82, 2.24) is 0 Å². The highest BCUT2D eigenvalue weighted by Crippen LogP contribution is 2.45. The quantitative estimate of drug-likeness (QED) is 0.501. The summed E-state index contributed by atoms with van der Waals surface area (Å²) < 4.78 is 46.4. The van der Waals surface area contributed by atoms with Crippen LogP contribution in [0.25, 0.3) is 5.57 Å². The predicted octanol–water partition coefficient (Wildman–Crippen LogP) is 5.82. The van der Waals surface area contributed by atoms with Crippen LogP contribution in [0.15, 0.2) is 18.2 Å². The molecule has 0 fully saturated rings. The van der Waals surface area contributed by atoms with Crippen molar-refractivity contribution in [3.63, 3.8) is 0 Å². The molecule has 1 aromatic carbocycles. The van der Waals surface area contributed by atoms with E-state index in [0.29, 0.717) is 11.6 Å². The van der Waals surface area contributed by atoms with Gasteiger partial charge in [0.2, 0.25) is 0 Å². The number of benzene rings is 1. The fourth-order valence-corrected chi connectivity index (χ4v) is 2.52. The van der Waals surface area contributed by atoms with Crippen LogP contribution in [0.1, 0.15) is 65.2 Å². The van der Waals surface area contributed by atoms with Gasteiger partial charge in [0.1, 0.15) is 12.0 Å². The van der Waals surface area contributed by atoms with Crippen LogP contribution in [0.5, 0.6) is 5.75 Å². The van der Waals surface area contributed by atoms with E-state index in [2.05, 4.69) is 0 Å². The molecule has 0 atom stereocenters. The van der Waals surface area contributed by atoms with E-state index < -0.39 is 17.2 Å². The second-order valence-electron chi connectivity index (χ2n) is 8.05. The molecule has 5 heteroatoms. The van der Waals surface area contributed by atoms with Crippen molar-refractivity contribution < 1.29 is 22.7 Å². The summed E-state index contributed by atoms with van der Waals surface area (Å²) in [6.07, 6.45) is -3.92. The molecule has 0 saturated heterocycles. The van der Waals surface area contributed by atoms with Crippen LogP contribution >= 0.6 is 0 Å². The Morgan fingerprint density at radius 1 is 1.04 bits per heavy atom. The number of halogens is 3. The Kier molecular flexibility index (Phi) is 6.14. The summed E-state index contributed by atoms with van der Waals surface area (Å²) in [7, 11) is 0. The maximum atomic E-state index is 13.6. The summed E-state index contributed by atoms with van der Waals surface area (Å²) >= 11 is 0. The third-order valence-electron chi connectivity index (χ3n) is 3.88. The molecule has 0 heterocycles. The number of alkyl halides is 3. The highest BCUT2D eigenvalue weighted by atomic mass is 19.4. The molecule has 140 valence electrons. The zero-order valence-corrected chi connectivity index (χ0v) is 16.0. The van der Waals surface area contributed by atoms with Crippen molar-refractivity contribution in [2.75, 3.05) is 6.61 Å². The molecular formula is C20H27F3O2. The van der Waals surface area contributed by atoms with Crippen LogP contribution < -0.4 is 4.74 Å². The first-order chi connectivity index (χ1) is 11.2. The predicted molar refractivity (Wildman–Crippen MR) is 95.1 cm³/mol. The molecule has 0 aliphatic heterocycles. The van der Waals surface area contributed by atoms with Crippen LogP contribution in [-0.2, 0) is 15.6 Å². The van der Waals surface area contributed by atoms with Gasteiger partial charge in [0, 0.05) is 11.1 Å². The van der Waals surface area contributed by atoms with E-state index in [0.717, 1.165) is 5.56 Å². The Balaban J connectivity index is 3.97. The molecule has 0 aromatic heterocycles. The average molecular weight is 356 g/mol. The second kappa shape index (κ2) is 7.22. The molecule has 0 saturated carbocycles. The molecular weight excluding hydrogens is 329 g/mol. The smallest absolute Gasteiger partial charge is 0.417 e. The van der Waals surface area contributed by atoms with Gasteiger partial charge < -0.3 is 4.74 Å². The molecule has 1 rings (SSSR count). The number of hydrogen-bond acceptors (Lipinski definition) is 2. The maximum absolute atomic E-state index is 13.6. The largest absolute Gasteiger partial charge is 0.493 e. The minimum absolute atomic E-state index is 0.0844. The van der Waals surface area contributed by atoms with Crippen molar-refractivity contribution in [3.8, 4) is 5.75 Å². The van der Waals surface area contributed by atoms with Crippen LogP contribution in [0, 0.1) is 0 Å². The van der Waals surface area contributed by atoms with E-state index in [9.17, 15) is 18.0 Å². The van der Waals surface area contributed by atoms with Gasteiger partial charge in [-0.15, -0.1) is 0 Å². The minimum atomic E-state index is -4.65.